The molecule has 1 N–H and O–H groups in total. The Labute approximate surface area is 116 Å². The first-order valence-electron chi connectivity index (χ1n) is 6.62. The molecule has 1 atom stereocenters. The highest BCUT2D eigenvalue weighted by atomic mass is 16.7. The third-order valence-electron chi connectivity index (χ3n) is 3.75. The van der Waals surface area contributed by atoms with E-state index in [1.807, 2.05) is 17.0 Å². The van der Waals surface area contributed by atoms with Crippen LogP contribution in [0.4, 0.5) is 0 Å². The number of hydrogen-bond donors (Lipinski definition) is 1. The Balaban J connectivity index is 1.82. The minimum absolute atomic E-state index is 0.191. The molecule has 2 aliphatic rings. The number of benzene rings is 1. The van der Waals surface area contributed by atoms with Gasteiger partial charge in [-0.1, -0.05) is 0 Å². The van der Waals surface area contributed by atoms with Gasteiger partial charge >= 0.3 is 5.97 Å². The molecule has 0 spiro atoms. The fraction of sp³-hybridized carbons (Fsp3) is 0.500. The molecule has 1 fully saturated rings. The molecule has 2 heterocycles. The Kier molecular flexibility index (Phi) is 3.40. The maximum atomic E-state index is 11.2. The fourth-order valence-electron chi connectivity index (χ4n) is 2.80. The second-order valence-corrected chi connectivity index (χ2v) is 5.00. The molecule has 6 heteroatoms. The van der Waals surface area contributed by atoms with E-state index in [1.54, 1.807) is 7.11 Å². The second kappa shape index (κ2) is 5.20. The Morgan fingerprint density at radius 2 is 2.35 bits per heavy atom. The van der Waals surface area contributed by atoms with Crippen molar-refractivity contribution in [3.05, 3.63) is 17.7 Å². The highest BCUT2D eigenvalue weighted by Crippen LogP contribution is 2.42. The molecule has 1 saturated heterocycles. The molecular formula is C14H17NO5. The zero-order valence-corrected chi connectivity index (χ0v) is 11.3. The van der Waals surface area contributed by atoms with Crippen LogP contribution in [0.3, 0.4) is 0 Å². The lowest BCUT2D eigenvalue weighted by atomic mass is 10.1. The average Bonchev–Trinajstić information content (AvgIpc) is 3.06. The van der Waals surface area contributed by atoms with Gasteiger partial charge in [0.2, 0.25) is 12.5 Å². The molecule has 0 saturated carbocycles. The zero-order chi connectivity index (χ0) is 14.1. The average molecular weight is 279 g/mol. The number of carboxylic acid groups (broad SMARTS) is 1. The molecule has 20 heavy (non-hydrogen) atoms. The standard InChI is InChI=1S/C14H17NO5/c1-18-11-5-9(6-12-13(11)20-8-19-12)7-15-4-2-3-10(15)14(16)17/h5-6,10H,2-4,7-8H2,1H3,(H,16,17). The van der Waals surface area contributed by atoms with Crippen molar-refractivity contribution in [1.29, 1.82) is 0 Å². The van der Waals surface area contributed by atoms with Gasteiger partial charge in [-0.2, -0.15) is 0 Å². The van der Waals surface area contributed by atoms with E-state index in [0.717, 1.165) is 18.5 Å². The van der Waals surface area contributed by atoms with Gasteiger partial charge < -0.3 is 19.3 Å². The quantitative estimate of drug-likeness (QED) is 0.900. The molecule has 108 valence electrons. The van der Waals surface area contributed by atoms with E-state index in [-0.39, 0.29) is 6.79 Å². The van der Waals surface area contributed by atoms with Gasteiger partial charge in [0, 0.05) is 6.54 Å². The van der Waals surface area contributed by atoms with Crippen LogP contribution in [0.15, 0.2) is 12.1 Å². The number of hydrogen-bond acceptors (Lipinski definition) is 5. The van der Waals surface area contributed by atoms with Crippen LogP contribution in [0.5, 0.6) is 17.2 Å². The number of carbonyl (C=O) groups is 1. The first-order valence-corrected chi connectivity index (χ1v) is 6.62. The second-order valence-electron chi connectivity index (χ2n) is 5.00. The summed E-state index contributed by atoms with van der Waals surface area (Å²) in [7, 11) is 1.58. The minimum Gasteiger partial charge on any atom is -0.493 e. The van der Waals surface area contributed by atoms with Crippen LogP contribution < -0.4 is 14.2 Å². The van der Waals surface area contributed by atoms with Crippen molar-refractivity contribution in [2.75, 3.05) is 20.4 Å². The van der Waals surface area contributed by atoms with Gasteiger partial charge in [0.25, 0.3) is 0 Å². The predicted octanol–water partition coefficient (Wildman–Crippen LogP) is 1.47. The summed E-state index contributed by atoms with van der Waals surface area (Å²) < 4.78 is 16.0. The summed E-state index contributed by atoms with van der Waals surface area (Å²) in [5, 5.41) is 9.21. The maximum Gasteiger partial charge on any atom is 0.320 e. The minimum atomic E-state index is -0.754. The van der Waals surface area contributed by atoms with E-state index >= 15 is 0 Å². The normalized spacial score (nSPS) is 21.1. The maximum absolute atomic E-state index is 11.2. The van der Waals surface area contributed by atoms with Crippen LogP contribution in [0, 0.1) is 0 Å². The monoisotopic (exact) mass is 279 g/mol. The molecule has 6 nitrogen and oxygen atoms in total. The lowest BCUT2D eigenvalue weighted by Gasteiger charge is -2.21. The summed E-state index contributed by atoms with van der Waals surface area (Å²) in [6.07, 6.45) is 1.62. The van der Waals surface area contributed by atoms with E-state index in [4.69, 9.17) is 14.2 Å². The first kappa shape index (κ1) is 13.1. The predicted molar refractivity (Wildman–Crippen MR) is 70.2 cm³/mol. The lowest BCUT2D eigenvalue weighted by Crippen LogP contribution is -2.35. The highest BCUT2D eigenvalue weighted by Gasteiger charge is 2.31. The van der Waals surface area contributed by atoms with Crippen LogP contribution in [0.2, 0.25) is 0 Å². The fourth-order valence-corrected chi connectivity index (χ4v) is 2.80. The van der Waals surface area contributed by atoms with Crippen molar-refractivity contribution in [2.24, 2.45) is 0 Å². The topological polar surface area (TPSA) is 68.2 Å². The van der Waals surface area contributed by atoms with Crippen LogP contribution in [-0.4, -0.2) is 42.5 Å². The Morgan fingerprint density at radius 1 is 1.50 bits per heavy atom. The summed E-state index contributed by atoms with van der Waals surface area (Å²) in [6.45, 7) is 1.56. The van der Waals surface area contributed by atoms with Crippen LogP contribution in [0.25, 0.3) is 0 Å². The van der Waals surface area contributed by atoms with Crippen LogP contribution in [0.1, 0.15) is 18.4 Å². The molecule has 2 aliphatic heterocycles. The van der Waals surface area contributed by atoms with Crippen LogP contribution in [-0.2, 0) is 11.3 Å². The molecule has 1 aromatic rings. The Hall–Kier alpha value is -1.95. The summed E-state index contributed by atoms with van der Waals surface area (Å²) >= 11 is 0. The van der Waals surface area contributed by atoms with Gasteiger partial charge in [-0.05, 0) is 37.1 Å². The Bertz CT molecular complexity index is 531. The van der Waals surface area contributed by atoms with Gasteiger partial charge in [0.15, 0.2) is 11.5 Å². The van der Waals surface area contributed by atoms with Gasteiger partial charge in [0.1, 0.15) is 6.04 Å². The number of carboxylic acids is 1. The van der Waals surface area contributed by atoms with Crippen LogP contribution >= 0.6 is 0 Å². The summed E-state index contributed by atoms with van der Waals surface area (Å²) in [5.41, 5.74) is 0.972. The number of fused-ring (bicyclic) bond motifs is 1. The molecular weight excluding hydrogens is 262 g/mol. The summed E-state index contributed by atoms with van der Waals surface area (Å²) in [5.74, 6) is 1.15. The summed E-state index contributed by atoms with van der Waals surface area (Å²) in [6, 6.07) is 3.37. The number of rotatable bonds is 4. The summed E-state index contributed by atoms with van der Waals surface area (Å²) in [4.78, 5) is 13.2. The third-order valence-corrected chi connectivity index (χ3v) is 3.75. The molecule has 1 unspecified atom stereocenters. The number of methoxy groups -OCH3 is 1. The van der Waals surface area contributed by atoms with E-state index in [2.05, 4.69) is 0 Å². The molecule has 0 amide bonds. The highest BCUT2D eigenvalue weighted by molar-refractivity contribution is 5.73. The lowest BCUT2D eigenvalue weighted by molar-refractivity contribution is -0.142. The van der Waals surface area contributed by atoms with Gasteiger partial charge in [-0.15, -0.1) is 0 Å². The number of likely N-dealkylation sites (tertiary alicyclic amines) is 1. The van der Waals surface area contributed by atoms with Crippen molar-refractivity contribution in [1.82, 2.24) is 4.90 Å². The zero-order valence-electron chi connectivity index (χ0n) is 11.3. The number of nitrogens with zero attached hydrogens (tertiary/aromatic N) is 1. The molecule has 0 aromatic heterocycles. The third kappa shape index (κ3) is 2.27. The van der Waals surface area contributed by atoms with Crippen molar-refractivity contribution in [3.63, 3.8) is 0 Å². The van der Waals surface area contributed by atoms with E-state index in [0.29, 0.717) is 30.2 Å². The smallest absolute Gasteiger partial charge is 0.320 e. The molecule has 1 aromatic carbocycles. The van der Waals surface area contributed by atoms with Gasteiger partial charge in [-0.25, -0.2) is 0 Å². The number of aliphatic carboxylic acids is 1. The Morgan fingerprint density at radius 3 is 3.10 bits per heavy atom. The molecule has 0 bridgehead atoms. The molecule has 0 radical (unpaired) electrons. The van der Waals surface area contributed by atoms with Gasteiger partial charge in [0.05, 0.1) is 7.11 Å². The SMILES string of the molecule is COc1cc(CN2CCCC2C(=O)O)cc2c1OCO2. The largest absolute Gasteiger partial charge is 0.493 e. The van der Waals surface area contributed by atoms with Crippen molar-refractivity contribution in [3.8, 4) is 17.2 Å². The van der Waals surface area contributed by atoms with E-state index < -0.39 is 12.0 Å². The molecule has 0 aliphatic carbocycles. The van der Waals surface area contributed by atoms with Gasteiger partial charge in [-0.3, -0.25) is 9.69 Å². The van der Waals surface area contributed by atoms with Crippen molar-refractivity contribution in [2.45, 2.75) is 25.4 Å². The van der Waals surface area contributed by atoms with Crippen molar-refractivity contribution < 1.29 is 24.1 Å². The van der Waals surface area contributed by atoms with E-state index in [1.165, 1.54) is 0 Å². The van der Waals surface area contributed by atoms with Crippen molar-refractivity contribution >= 4 is 5.97 Å². The molecule has 3 rings (SSSR count). The van der Waals surface area contributed by atoms with E-state index in [9.17, 15) is 9.90 Å². The number of ether oxygens (including phenoxy) is 3. The first-order chi connectivity index (χ1) is 9.69.